The van der Waals surface area contributed by atoms with E-state index in [1.807, 2.05) is 24.3 Å². The van der Waals surface area contributed by atoms with Gasteiger partial charge in [0.25, 0.3) is 5.91 Å². The second kappa shape index (κ2) is 10.4. The third-order valence-electron chi connectivity index (χ3n) is 3.90. The Balaban J connectivity index is 1.94. The van der Waals surface area contributed by atoms with Crippen molar-refractivity contribution in [2.75, 3.05) is 43.6 Å². The molecule has 6 heteroatoms. The number of aromatic nitrogens is 1. The first-order valence-corrected chi connectivity index (χ1v) is 8.92. The second-order valence-electron chi connectivity index (χ2n) is 5.81. The highest BCUT2D eigenvalue weighted by Crippen LogP contribution is 2.17. The fraction of sp³-hybridized carbons (Fsp3) is 0.400. The van der Waals surface area contributed by atoms with Crippen molar-refractivity contribution in [2.45, 2.75) is 20.3 Å². The van der Waals surface area contributed by atoms with Crippen LogP contribution in [0.3, 0.4) is 0 Å². The molecule has 2 aromatic rings. The fourth-order valence-electron chi connectivity index (χ4n) is 2.54. The maximum Gasteiger partial charge on any atom is 0.255 e. The molecular weight excluding hydrogens is 330 g/mol. The van der Waals surface area contributed by atoms with Crippen molar-refractivity contribution < 1.29 is 14.3 Å². The van der Waals surface area contributed by atoms with Gasteiger partial charge in [-0.2, -0.15) is 0 Å². The van der Waals surface area contributed by atoms with Gasteiger partial charge in [0.05, 0.1) is 18.5 Å². The van der Waals surface area contributed by atoms with Crippen LogP contribution in [0.25, 0.3) is 0 Å². The molecule has 0 unspecified atom stereocenters. The Kier molecular flexibility index (Phi) is 7.89. The number of hydrogen-bond donors (Lipinski definition) is 1. The Labute approximate surface area is 155 Å². The summed E-state index contributed by atoms with van der Waals surface area (Å²) in [6.45, 7) is 7.19. The first-order valence-electron chi connectivity index (χ1n) is 8.92. The molecule has 1 amide bonds. The Morgan fingerprint density at radius 2 is 1.88 bits per heavy atom. The van der Waals surface area contributed by atoms with Gasteiger partial charge in [0, 0.05) is 37.5 Å². The molecule has 1 N–H and O–H groups in total. The quantitative estimate of drug-likeness (QED) is 0.658. The summed E-state index contributed by atoms with van der Waals surface area (Å²) >= 11 is 0. The molecule has 0 atom stereocenters. The van der Waals surface area contributed by atoms with Crippen LogP contribution < -0.4 is 15.0 Å². The van der Waals surface area contributed by atoms with Crippen LogP contribution in [-0.2, 0) is 4.74 Å². The highest BCUT2D eigenvalue weighted by Gasteiger charge is 2.08. The number of nitrogens with one attached hydrogen (secondary N) is 1. The van der Waals surface area contributed by atoms with Gasteiger partial charge in [-0.25, -0.2) is 4.98 Å². The smallest absolute Gasteiger partial charge is 0.255 e. The van der Waals surface area contributed by atoms with E-state index >= 15 is 0 Å². The largest absolute Gasteiger partial charge is 0.475 e. The molecule has 0 aliphatic heterocycles. The van der Waals surface area contributed by atoms with E-state index in [-0.39, 0.29) is 5.91 Å². The molecule has 0 aliphatic carbocycles. The number of amides is 1. The van der Waals surface area contributed by atoms with Crippen molar-refractivity contribution >= 4 is 17.3 Å². The highest BCUT2D eigenvalue weighted by molar-refractivity contribution is 6.04. The van der Waals surface area contributed by atoms with Gasteiger partial charge in [-0.1, -0.05) is 6.92 Å². The number of carbonyl (C=O) groups is 1. The predicted molar refractivity (Wildman–Crippen MR) is 104 cm³/mol. The molecule has 140 valence electrons. The van der Waals surface area contributed by atoms with Crippen LogP contribution in [0.15, 0.2) is 42.6 Å². The van der Waals surface area contributed by atoms with Crippen molar-refractivity contribution in [1.82, 2.24) is 4.98 Å². The summed E-state index contributed by atoms with van der Waals surface area (Å²) in [4.78, 5) is 18.8. The van der Waals surface area contributed by atoms with Crippen molar-refractivity contribution in [3.8, 4) is 5.88 Å². The summed E-state index contributed by atoms with van der Waals surface area (Å²) < 4.78 is 10.3. The van der Waals surface area contributed by atoms with Crippen molar-refractivity contribution in [2.24, 2.45) is 0 Å². The maximum atomic E-state index is 12.4. The number of nitrogens with zero attached hydrogens (tertiary/aromatic N) is 2. The lowest BCUT2D eigenvalue weighted by molar-refractivity contribution is 0.102. The summed E-state index contributed by atoms with van der Waals surface area (Å²) in [5.41, 5.74) is 2.37. The Morgan fingerprint density at radius 3 is 2.46 bits per heavy atom. The average molecular weight is 357 g/mol. The molecule has 6 nitrogen and oxygen atoms in total. The fourth-order valence-corrected chi connectivity index (χ4v) is 2.54. The lowest BCUT2D eigenvalue weighted by Gasteiger charge is -2.22. The van der Waals surface area contributed by atoms with Crippen LogP contribution in [-0.4, -0.2) is 44.3 Å². The first-order chi connectivity index (χ1) is 12.7. The van der Waals surface area contributed by atoms with E-state index in [9.17, 15) is 4.79 Å². The number of benzene rings is 1. The van der Waals surface area contributed by atoms with E-state index in [0.717, 1.165) is 25.2 Å². The van der Waals surface area contributed by atoms with E-state index < -0.39 is 0 Å². The Morgan fingerprint density at radius 1 is 1.12 bits per heavy atom. The van der Waals surface area contributed by atoms with E-state index in [2.05, 4.69) is 29.0 Å². The predicted octanol–water partition coefficient (Wildman–Crippen LogP) is 3.60. The molecule has 0 saturated carbocycles. The van der Waals surface area contributed by atoms with Gasteiger partial charge >= 0.3 is 0 Å². The second-order valence-corrected chi connectivity index (χ2v) is 5.81. The van der Waals surface area contributed by atoms with Crippen molar-refractivity contribution in [1.29, 1.82) is 0 Å². The highest BCUT2D eigenvalue weighted by atomic mass is 16.5. The van der Waals surface area contributed by atoms with E-state index in [1.165, 1.54) is 0 Å². The molecule has 0 bridgehead atoms. The van der Waals surface area contributed by atoms with Gasteiger partial charge < -0.3 is 19.7 Å². The third-order valence-corrected chi connectivity index (χ3v) is 3.90. The topological polar surface area (TPSA) is 63.7 Å². The van der Waals surface area contributed by atoms with Crippen LogP contribution in [0.2, 0.25) is 0 Å². The number of pyridine rings is 1. The van der Waals surface area contributed by atoms with Gasteiger partial charge in [-0.3, -0.25) is 4.79 Å². The standard InChI is InChI=1S/C20H27N3O3/c1-4-12-23(5-2)18-9-6-16(7-10-18)20(24)22-17-8-11-19(21-15-17)26-14-13-25-3/h6-11,15H,4-5,12-14H2,1-3H3,(H,22,24). The molecule has 0 spiro atoms. The first kappa shape index (κ1) is 19.7. The minimum atomic E-state index is -0.162. The molecule has 1 heterocycles. The average Bonchev–Trinajstić information content (AvgIpc) is 2.68. The maximum absolute atomic E-state index is 12.4. The lowest BCUT2D eigenvalue weighted by Crippen LogP contribution is -2.23. The minimum absolute atomic E-state index is 0.162. The van der Waals surface area contributed by atoms with Crippen LogP contribution in [0.5, 0.6) is 5.88 Å². The van der Waals surface area contributed by atoms with E-state index in [1.54, 1.807) is 25.4 Å². The van der Waals surface area contributed by atoms with Gasteiger partial charge in [-0.15, -0.1) is 0 Å². The molecule has 26 heavy (non-hydrogen) atoms. The van der Waals surface area contributed by atoms with Gasteiger partial charge in [0.2, 0.25) is 5.88 Å². The number of ether oxygens (including phenoxy) is 2. The van der Waals surface area contributed by atoms with Crippen LogP contribution in [0.4, 0.5) is 11.4 Å². The van der Waals surface area contributed by atoms with Gasteiger partial charge in [0.15, 0.2) is 0 Å². The summed E-state index contributed by atoms with van der Waals surface area (Å²) in [5.74, 6) is 0.338. The van der Waals surface area contributed by atoms with Gasteiger partial charge in [-0.05, 0) is 43.7 Å². The summed E-state index contributed by atoms with van der Waals surface area (Å²) in [7, 11) is 1.62. The monoisotopic (exact) mass is 357 g/mol. The van der Waals surface area contributed by atoms with Crippen LogP contribution >= 0.6 is 0 Å². The summed E-state index contributed by atoms with van der Waals surface area (Å²) in [6, 6.07) is 11.1. The number of rotatable bonds is 10. The van der Waals surface area contributed by atoms with Crippen molar-refractivity contribution in [3.05, 3.63) is 48.2 Å². The molecule has 2 rings (SSSR count). The van der Waals surface area contributed by atoms with Crippen LogP contribution in [0, 0.1) is 0 Å². The number of anilines is 2. The third kappa shape index (κ3) is 5.74. The number of carbonyl (C=O) groups excluding carboxylic acids is 1. The number of hydrogen-bond acceptors (Lipinski definition) is 5. The molecule has 0 aliphatic rings. The zero-order chi connectivity index (χ0) is 18.8. The summed E-state index contributed by atoms with van der Waals surface area (Å²) in [6.07, 6.45) is 2.67. The molecule has 1 aromatic carbocycles. The zero-order valence-corrected chi connectivity index (χ0v) is 15.7. The molecule has 0 fully saturated rings. The lowest BCUT2D eigenvalue weighted by atomic mass is 10.1. The summed E-state index contributed by atoms with van der Waals surface area (Å²) in [5, 5.41) is 2.85. The van der Waals surface area contributed by atoms with E-state index in [0.29, 0.717) is 30.3 Å². The van der Waals surface area contributed by atoms with Crippen LogP contribution in [0.1, 0.15) is 30.6 Å². The zero-order valence-electron chi connectivity index (χ0n) is 15.7. The SMILES string of the molecule is CCCN(CC)c1ccc(C(=O)Nc2ccc(OCCOC)nc2)cc1. The molecule has 1 aromatic heterocycles. The Bertz CT molecular complexity index is 672. The van der Waals surface area contributed by atoms with Gasteiger partial charge in [0.1, 0.15) is 6.61 Å². The normalized spacial score (nSPS) is 10.4. The van der Waals surface area contributed by atoms with Crippen molar-refractivity contribution in [3.63, 3.8) is 0 Å². The molecular formula is C20H27N3O3. The Hall–Kier alpha value is -2.60. The molecule has 0 saturated heterocycles. The number of methoxy groups -OCH3 is 1. The molecule has 0 radical (unpaired) electrons. The minimum Gasteiger partial charge on any atom is -0.475 e. The van der Waals surface area contributed by atoms with E-state index in [4.69, 9.17) is 9.47 Å².